The molecule has 0 aliphatic heterocycles. The highest BCUT2D eigenvalue weighted by molar-refractivity contribution is 9.10. The number of carboxylic acids is 1. The number of anilines is 2. The van der Waals surface area contributed by atoms with Crippen LogP contribution in [-0.4, -0.2) is 21.2 Å². The number of hydrogen-bond donors (Lipinski definition) is 3. The summed E-state index contributed by atoms with van der Waals surface area (Å²) in [5.74, 6) is -0.884. The first-order chi connectivity index (χ1) is 14.4. The van der Waals surface area contributed by atoms with Crippen LogP contribution in [0, 0.1) is 0 Å². The summed E-state index contributed by atoms with van der Waals surface area (Å²) in [5, 5.41) is 12.3. The molecule has 0 atom stereocenters. The Bertz CT molecular complexity index is 1030. The summed E-state index contributed by atoms with van der Waals surface area (Å²) in [7, 11) is 0. The number of halogens is 2. The molecule has 0 aromatic heterocycles. The molecule has 0 bridgehead atoms. The molecule has 0 aliphatic carbocycles. The molecule has 30 heavy (non-hydrogen) atoms. The first-order valence-electron chi connectivity index (χ1n) is 8.22. The smallest absolute Gasteiger partial charge is 0.335 e. The van der Waals surface area contributed by atoms with Gasteiger partial charge >= 0.3 is 5.97 Å². The lowest BCUT2D eigenvalue weighted by Gasteiger charge is -2.13. The summed E-state index contributed by atoms with van der Waals surface area (Å²) in [6, 6.07) is 17.8. The van der Waals surface area contributed by atoms with E-state index in [-0.39, 0.29) is 11.5 Å². The molecule has 7 nitrogen and oxygen atoms in total. The Kier molecular flexibility index (Phi) is 8.72. The third kappa shape index (κ3) is 6.51. The first-order valence-corrected chi connectivity index (χ1v) is 9.72. The average molecular weight is 510 g/mol. The molecule has 0 spiro atoms. The molecule has 154 valence electrons. The molecule has 1 amide bonds. The Morgan fingerprint density at radius 2 is 1.60 bits per heavy atom. The van der Waals surface area contributed by atoms with Crippen LogP contribution in [0.3, 0.4) is 0 Å². The van der Waals surface area contributed by atoms with Crippen LogP contribution in [0.1, 0.15) is 20.7 Å². The summed E-state index contributed by atoms with van der Waals surface area (Å²) >= 11 is 12.0. The quantitative estimate of drug-likeness (QED) is 0.396. The SMILES string of the molecule is O=C(O)c1ccc(NC(=O)c2cc(Br)ccc2NOc2ccc(Cl)cc2)cc1.O=S. The highest BCUT2D eigenvalue weighted by Crippen LogP contribution is 2.24. The number of amides is 1. The third-order valence-electron chi connectivity index (χ3n) is 3.71. The molecule has 0 saturated carbocycles. The van der Waals surface area contributed by atoms with Crippen molar-refractivity contribution in [3.05, 3.63) is 87.4 Å². The molecule has 3 aromatic rings. The van der Waals surface area contributed by atoms with E-state index in [0.29, 0.717) is 27.7 Å². The standard InChI is InChI=1S/C20H14BrClN2O4.OS/c21-13-3-10-18(24-28-16-8-4-14(22)5-9-16)17(11-13)19(25)23-15-6-1-12(2-7-15)20(26)27;1-2/h1-11,24H,(H,23,25)(H,26,27);. The van der Waals surface area contributed by atoms with Crippen LogP contribution >= 0.6 is 27.5 Å². The summed E-state index contributed by atoms with van der Waals surface area (Å²) in [6.45, 7) is 0. The maximum absolute atomic E-state index is 12.7. The van der Waals surface area contributed by atoms with E-state index < -0.39 is 5.97 Å². The Hall–Kier alpha value is -3.01. The molecule has 3 N–H and O–H groups in total. The van der Waals surface area contributed by atoms with Crippen molar-refractivity contribution < 1.29 is 23.7 Å². The average Bonchev–Trinajstić information content (AvgIpc) is 2.75. The van der Waals surface area contributed by atoms with Gasteiger partial charge in [-0.25, -0.2) is 10.3 Å². The zero-order valence-electron chi connectivity index (χ0n) is 15.1. The number of benzene rings is 3. The van der Waals surface area contributed by atoms with Crippen molar-refractivity contribution in [3.8, 4) is 5.75 Å². The van der Waals surface area contributed by atoms with E-state index >= 15 is 0 Å². The molecule has 0 aliphatic rings. The van der Waals surface area contributed by atoms with E-state index in [1.54, 1.807) is 42.5 Å². The lowest BCUT2D eigenvalue weighted by atomic mass is 10.1. The molecular weight excluding hydrogens is 496 g/mol. The van der Waals surface area contributed by atoms with Crippen LogP contribution in [0.25, 0.3) is 0 Å². The maximum Gasteiger partial charge on any atom is 0.335 e. The zero-order chi connectivity index (χ0) is 22.1. The van der Waals surface area contributed by atoms with Crippen molar-refractivity contribution >= 4 is 63.3 Å². The monoisotopic (exact) mass is 508 g/mol. The molecule has 0 unspecified atom stereocenters. The molecule has 0 fully saturated rings. The molecular formula is C20H14BrClN2O5S. The largest absolute Gasteiger partial charge is 0.478 e. The van der Waals surface area contributed by atoms with Crippen LogP contribution < -0.4 is 15.6 Å². The van der Waals surface area contributed by atoms with Crippen LogP contribution in [0.15, 0.2) is 71.2 Å². The maximum atomic E-state index is 12.7. The highest BCUT2D eigenvalue weighted by atomic mass is 79.9. The molecule has 0 heterocycles. The van der Waals surface area contributed by atoms with Crippen molar-refractivity contribution in [2.45, 2.75) is 0 Å². The third-order valence-corrected chi connectivity index (χ3v) is 4.45. The lowest BCUT2D eigenvalue weighted by molar-refractivity contribution is 0.0696. The molecule has 0 saturated heterocycles. The summed E-state index contributed by atoms with van der Waals surface area (Å²) < 4.78 is 8.55. The van der Waals surface area contributed by atoms with Gasteiger partial charge in [-0.15, -0.1) is 0 Å². The van der Waals surface area contributed by atoms with Gasteiger partial charge in [0, 0.05) is 15.2 Å². The van der Waals surface area contributed by atoms with Crippen LogP contribution in [0.4, 0.5) is 11.4 Å². The number of carbonyl (C=O) groups is 2. The van der Waals surface area contributed by atoms with Gasteiger partial charge < -0.3 is 15.3 Å². The predicted molar refractivity (Wildman–Crippen MR) is 119 cm³/mol. The molecule has 10 heteroatoms. The molecule has 3 rings (SSSR count). The van der Waals surface area contributed by atoms with Crippen molar-refractivity contribution in [1.29, 1.82) is 0 Å². The predicted octanol–water partition coefficient (Wildman–Crippen LogP) is 5.12. The van der Waals surface area contributed by atoms with Gasteiger partial charge in [-0.1, -0.05) is 27.5 Å². The van der Waals surface area contributed by atoms with Gasteiger partial charge in [0.2, 0.25) is 0 Å². The summed E-state index contributed by atoms with van der Waals surface area (Å²) in [4.78, 5) is 29.1. The highest BCUT2D eigenvalue weighted by Gasteiger charge is 2.14. The zero-order valence-corrected chi connectivity index (χ0v) is 18.3. The van der Waals surface area contributed by atoms with Gasteiger partial charge in [0.25, 0.3) is 5.91 Å². The second kappa shape index (κ2) is 11.2. The Balaban J connectivity index is 0.00000155. The van der Waals surface area contributed by atoms with E-state index in [1.807, 2.05) is 0 Å². The number of carboxylic acid groups (broad SMARTS) is 1. The van der Waals surface area contributed by atoms with E-state index in [2.05, 4.69) is 39.3 Å². The van der Waals surface area contributed by atoms with Gasteiger partial charge in [0.05, 0.1) is 16.8 Å². The van der Waals surface area contributed by atoms with Crippen LogP contribution in [-0.2, 0) is 12.5 Å². The van der Waals surface area contributed by atoms with E-state index in [4.69, 9.17) is 25.8 Å². The van der Waals surface area contributed by atoms with Gasteiger partial charge in [-0.05, 0) is 66.7 Å². The number of nitrogens with one attached hydrogen (secondary N) is 2. The Morgan fingerprint density at radius 3 is 2.20 bits per heavy atom. The minimum Gasteiger partial charge on any atom is -0.478 e. The van der Waals surface area contributed by atoms with Gasteiger partial charge in [0.15, 0.2) is 18.3 Å². The van der Waals surface area contributed by atoms with Crippen molar-refractivity contribution in [2.24, 2.45) is 0 Å². The summed E-state index contributed by atoms with van der Waals surface area (Å²) in [6.07, 6.45) is 0. The Labute approximate surface area is 190 Å². The van der Waals surface area contributed by atoms with Crippen LogP contribution in [0.5, 0.6) is 5.75 Å². The normalized spacial score (nSPS) is 9.67. The fourth-order valence-electron chi connectivity index (χ4n) is 2.30. The van der Waals surface area contributed by atoms with E-state index in [9.17, 15) is 9.59 Å². The fourth-order valence-corrected chi connectivity index (χ4v) is 2.79. The first kappa shape index (κ1) is 23.3. The number of rotatable bonds is 6. The van der Waals surface area contributed by atoms with E-state index in [0.717, 1.165) is 4.47 Å². The Morgan fingerprint density at radius 1 is 0.967 bits per heavy atom. The van der Waals surface area contributed by atoms with Gasteiger partial charge in [-0.3, -0.25) is 4.79 Å². The van der Waals surface area contributed by atoms with Crippen molar-refractivity contribution in [1.82, 2.24) is 0 Å². The fraction of sp³-hybridized carbons (Fsp3) is 0. The second-order valence-electron chi connectivity index (χ2n) is 5.68. The molecule has 0 radical (unpaired) electrons. The number of carbonyl (C=O) groups excluding carboxylic acids is 1. The number of hydrogen-bond acceptors (Lipinski definition) is 6. The van der Waals surface area contributed by atoms with Gasteiger partial charge in [-0.2, -0.15) is 4.21 Å². The second-order valence-corrected chi connectivity index (χ2v) is 7.04. The van der Waals surface area contributed by atoms with Gasteiger partial charge in [0.1, 0.15) is 0 Å². The van der Waals surface area contributed by atoms with E-state index in [1.165, 1.54) is 24.3 Å². The minimum atomic E-state index is -1.03. The summed E-state index contributed by atoms with van der Waals surface area (Å²) in [5.41, 5.74) is 4.17. The number of aromatic carboxylic acids is 1. The van der Waals surface area contributed by atoms with Crippen molar-refractivity contribution in [3.63, 3.8) is 0 Å². The lowest BCUT2D eigenvalue weighted by Crippen LogP contribution is -2.16. The molecule has 3 aromatic carbocycles. The minimum absolute atomic E-state index is 0.138. The topological polar surface area (TPSA) is 105 Å². The van der Waals surface area contributed by atoms with Crippen LogP contribution in [0.2, 0.25) is 5.02 Å². The van der Waals surface area contributed by atoms with Crippen molar-refractivity contribution in [2.75, 3.05) is 10.8 Å².